The summed E-state index contributed by atoms with van der Waals surface area (Å²) in [6.45, 7) is 0.158. The predicted octanol–water partition coefficient (Wildman–Crippen LogP) is 0.365. The maximum absolute atomic E-state index is 10.3. The van der Waals surface area contributed by atoms with Gasteiger partial charge in [0.25, 0.3) is 6.16 Å². The molecule has 0 fully saturated rings. The van der Waals surface area contributed by atoms with Crippen molar-refractivity contribution in [3.05, 3.63) is 0 Å². The number of alkyl halides is 1. The Morgan fingerprint density at radius 3 is 2.57 bits per heavy atom. The summed E-state index contributed by atoms with van der Waals surface area (Å²) in [4.78, 5) is 27.9. The second-order valence-electron chi connectivity index (χ2n) is 1.97. The summed E-state index contributed by atoms with van der Waals surface area (Å²) in [6.07, 6.45) is -2.29. The van der Waals surface area contributed by atoms with Crippen LogP contribution in [0.25, 0.3) is 0 Å². The van der Waals surface area contributed by atoms with Gasteiger partial charge in [0, 0.05) is 5.88 Å². The summed E-state index contributed by atoms with van der Waals surface area (Å²) in [5, 5.41) is 13.5. The lowest BCUT2D eigenvalue weighted by atomic mass is 10.4. The molecule has 7 nitrogen and oxygen atoms in total. The quantitative estimate of drug-likeness (QED) is 0.161. The van der Waals surface area contributed by atoms with Crippen molar-refractivity contribution in [2.75, 3.05) is 12.5 Å². The minimum absolute atomic E-state index is 0.158. The molecule has 0 amide bonds. The summed E-state index contributed by atoms with van der Waals surface area (Å²) in [5.41, 5.74) is 0. The van der Waals surface area contributed by atoms with Gasteiger partial charge in [0.05, 0.1) is 6.61 Å². The van der Waals surface area contributed by atoms with Crippen molar-refractivity contribution in [2.24, 2.45) is 0 Å². The van der Waals surface area contributed by atoms with Crippen molar-refractivity contribution in [1.29, 1.82) is 0 Å². The Morgan fingerprint density at radius 2 is 2.00 bits per heavy atom. The third-order valence-electron chi connectivity index (χ3n) is 0.928. The molecule has 0 radical (unpaired) electrons. The molecule has 0 aromatic heterocycles. The Labute approximate surface area is 84.3 Å². The van der Waals surface area contributed by atoms with Gasteiger partial charge in [0.2, 0.25) is 0 Å². The number of hydrogen-bond acceptors (Lipinski definition) is 7. The van der Waals surface area contributed by atoms with Crippen LogP contribution in [-0.2, 0) is 19.6 Å². The molecular formula is C6H8ClO7-. The van der Waals surface area contributed by atoms with Gasteiger partial charge >= 0.3 is 6.16 Å². The minimum atomic E-state index is -2.04. The van der Waals surface area contributed by atoms with E-state index in [1.807, 2.05) is 0 Å². The molecule has 0 spiro atoms. The van der Waals surface area contributed by atoms with Crippen LogP contribution in [0.2, 0.25) is 0 Å². The highest BCUT2D eigenvalue weighted by Gasteiger charge is 2.02. The largest absolute Gasteiger partial charge is 0.468 e. The van der Waals surface area contributed by atoms with E-state index >= 15 is 0 Å². The van der Waals surface area contributed by atoms with Crippen LogP contribution in [0.3, 0.4) is 0 Å². The molecule has 0 heterocycles. The zero-order valence-electron chi connectivity index (χ0n) is 7.06. The Hall–Kier alpha value is -1.05. The second-order valence-corrected chi connectivity index (χ2v) is 2.35. The van der Waals surface area contributed by atoms with E-state index in [9.17, 15) is 14.7 Å². The number of carboxylic acid groups (broad SMARTS) is 1. The Morgan fingerprint density at radius 1 is 1.29 bits per heavy atom. The molecule has 0 aliphatic heterocycles. The molecule has 0 bridgehead atoms. The SMILES string of the molecule is O=C([O-])OC(=O)OOOCCCCCl. The van der Waals surface area contributed by atoms with E-state index in [1.165, 1.54) is 0 Å². The zero-order valence-corrected chi connectivity index (χ0v) is 7.82. The van der Waals surface area contributed by atoms with E-state index in [0.29, 0.717) is 18.7 Å². The Balaban J connectivity index is 3.19. The van der Waals surface area contributed by atoms with Gasteiger partial charge < -0.3 is 14.6 Å². The van der Waals surface area contributed by atoms with Gasteiger partial charge in [0.15, 0.2) is 0 Å². The highest BCUT2D eigenvalue weighted by molar-refractivity contribution is 6.17. The first-order valence-corrected chi connectivity index (χ1v) is 4.15. The van der Waals surface area contributed by atoms with Crippen molar-refractivity contribution in [1.82, 2.24) is 0 Å². The van der Waals surface area contributed by atoms with Crippen molar-refractivity contribution >= 4 is 23.9 Å². The predicted molar refractivity (Wildman–Crippen MR) is 40.0 cm³/mol. The molecule has 14 heavy (non-hydrogen) atoms. The topological polar surface area (TPSA) is 94.1 Å². The molecular weight excluding hydrogens is 220 g/mol. The molecule has 0 aromatic carbocycles. The first kappa shape index (κ1) is 12.9. The van der Waals surface area contributed by atoms with E-state index < -0.39 is 12.3 Å². The van der Waals surface area contributed by atoms with Crippen LogP contribution in [0.1, 0.15) is 12.8 Å². The molecule has 0 unspecified atom stereocenters. The van der Waals surface area contributed by atoms with Crippen molar-refractivity contribution in [2.45, 2.75) is 12.8 Å². The van der Waals surface area contributed by atoms with Gasteiger partial charge in [-0.3, -0.25) is 0 Å². The van der Waals surface area contributed by atoms with E-state index in [1.54, 1.807) is 0 Å². The first-order chi connectivity index (χ1) is 6.66. The number of carbonyl (C=O) groups is 2. The fraction of sp³-hybridized carbons (Fsp3) is 0.667. The van der Waals surface area contributed by atoms with Crippen LogP contribution in [0.5, 0.6) is 0 Å². The fourth-order valence-corrected chi connectivity index (χ4v) is 0.615. The van der Waals surface area contributed by atoms with E-state index in [-0.39, 0.29) is 6.61 Å². The highest BCUT2D eigenvalue weighted by Crippen LogP contribution is 1.94. The molecule has 0 aromatic rings. The lowest BCUT2D eigenvalue weighted by Crippen LogP contribution is -2.27. The lowest BCUT2D eigenvalue weighted by molar-refractivity contribution is -0.486. The molecule has 0 atom stereocenters. The molecule has 0 aliphatic carbocycles. The van der Waals surface area contributed by atoms with Crippen molar-refractivity contribution in [3.63, 3.8) is 0 Å². The van der Waals surface area contributed by atoms with Crippen LogP contribution in [-0.4, -0.2) is 24.8 Å². The van der Waals surface area contributed by atoms with Crippen molar-refractivity contribution in [3.8, 4) is 0 Å². The van der Waals surface area contributed by atoms with E-state index in [0.717, 1.165) is 0 Å². The van der Waals surface area contributed by atoms with Gasteiger partial charge in [-0.25, -0.2) is 9.68 Å². The van der Waals surface area contributed by atoms with Crippen LogP contribution in [0.15, 0.2) is 0 Å². The maximum atomic E-state index is 10.3. The van der Waals surface area contributed by atoms with Crippen LogP contribution in [0.4, 0.5) is 9.59 Å². The highest BCUT2D eigenvalue weighted by atomic mass is 35.5. The zero-order chi connectivity index (χ0) is 10.8. The number of halogens is 1. The molecule has 0 saturated carbocycles. The molecule has 0 saturated heterocycles. The molecule has 0 N–H and O–H groups in total. The Bertz CT molecular complexity index is 183. The summed E-state index contributed by atoms with van der Waals surface area (Å²) >= 11 is 5.35. The van der Waals surface area contributed by atoms with Crippen LogP contribution < -0.4 is 5.11 Å². The summed E-state index contributed by atoms with van der Waals surface area (Å²) in [5.74, 6) is 0.483. The smallest absolute Gasteiger partial charge is 0.451 e. The lowest BCUT2D eigenvalue weighted by Gasteiger charge is -2.04. The summed E-state index contributed by atoms with van der Waals surface area (Å²) in [6, 6.07) is 0. The number of unbranched alkanes of at least 4 members (excludes halogenated alkanes) is 1. The maximum Gasteiger partial charge on any atom is 0.468 e. The third-order valence-corrected chi connectivity index (χ3v) is 1.20. The summed E-state index contributed by atoms with van der Waals surface area (Å²) < 4.78 is 3.40. The van der Waals surface area contributed by atoms with Gasteiger partial charge in [0.1, 0.15) is 0 Å². The monoisotopic (exact) mass is 227 g/mol. The number of ether oxygens (including phenoxy) is 1. The standard InChI is InChI=1S/C6H9ClO7/c7-3-1-2-4-11-14-13-6(10)12-5(8)9/h1-4H2,(H,8,9)/p-1. The average Bonchev–Trinajstić information content (AvgIpc) is 2.10. The van der Waals surface area contributed by atoms with Gasteiger partial charge in [-0.1, -0.05) is 0 Å². The number of rotatable bonds is 6. The second kappa shape index (κ2) is 8.54. The van der Waals surface area contributed by atoms with Gasteiger partial charge in [-0.2, -0.15) is 4.89 Å². The van der Waals surface area contributed by atoms with Crippen molar-refractivity contribution < 1.29 is 34.2 Å². The van der Waals surface area contributed by atoms with Crippen LogP contribution in [0, 0.1) is 0 Å². The molecule has 0 rings (SSSR count). The van der Waals surface area contributed by atoms with Crippen LogP contribution >= 0.6 is 11.6 Å². The first-order valence-electron chi connectivity index (χ1n) is 3.61. The third kappa shape index (κ3) is 9.04. The number of carbonyl (C=O) groups excluding carboxylic acids is 2. The molecule has 8 heteroatoms. The summed E-state index contributed by atoms with van der Waals surface area (Å²) in [7, 11) is 0. The minimum Gasteiger partial charge on any atom is -0.451 e. The Kier molecular flexibility index (Phi) is 7.90. The normalized spacial score (nSPS) is 9.50. The van der Waals surface area contributed by atoms with Gasteiger partial charge in [-0.15, -0.1) is 11.6 Å². The van der Waals surface area contributed by atoms with E-state index in [2.05, 4.69) is 19.6 Å². The average molecular weight is 228 g/mol. The number of hydrogen-bond donors (Lipinski definition) is 0. The molecule has 82 valence electrons. The molecule has 0 aliphatic rings. The van der Waals surface area contributed by atoms with E-state index in [4.69, 9.17) is 11.6 Å². The fourth-order valence-electron chi connectivity index (χ4n) is 0.426. The van der Waals surface area contributed by atoms with Gasteiger partial charge in [-0.05, 0) is 17.9 Å².